The van der Waals surface area contributed by atoms with Gasteiger partial charge >= 0.3 is 0 Å². The number of imidazole rings is 2. The summed E-state index contributed by atoms with van der Waals surface area (Å²) in [5.41, 5.74) is 5.63. The first-order valence-corrected chi connectivity index (χ1v) is 11.8. The van der Waals surface area contributed by atoms with E-state index in [-0.39, 0.29) is 12.9 Å². The lowest BCUT2D eigenvalue weighted by Gasteiger charge is -2.05. The number of amides is 1. The average molecular weight is 503 g/mol. The van der Waals surface area contributed by atoms with E-state index in [1.54, 1.807) is 28.9 Å². The number of fused-ring (bicyclic) bond motifs is 3. The molecule has 0 saturated carbocycles. The molecule has 0 aliphatic rings. The third kappa shape index (κ3) is 3.71. The maximum atomic E-state index is 13.6. The molecule has 0 fully saturated rings. The molecule has 7 aromatic rings. The van der Waals surface area contributed by atoms with Crippen molar-refractivity contribution in [1.29, 1.82) is 0 Å². The van der Waals surface area contributed by atoms with E-state index in [2.05, 4.69) is 20.3 Å². The number of nitrogens with one attached hydrogen (secondary N) is 1. The second kappa shape index (κ2) is 8.56. The molecule has 7 rings (SSSR count). The molecule has 10 heteroatoms. The topological polar surface area (TPSA) is 102 Å². The molecular formula is C28H19FN8O. The fourth-order valence-electron chi connectivity index (χ4n) is 4.37. The summed E-state index contributed by atoms with van der Waals surface area (Å²) in [6.45, 7) is 0. The van der Waals surface area contributed by atoms with Crippen molar-refractivity contribution in [1.82, 2.24) is 34.0 Å². The monoisotopic (exact) mass is 502 g/mol. The molecule has 1 N–H and O–H groups in total. The van der Waals surface area contributed by atoms with Crippen LogP contribution in [-0.4, -0.2) is 39.9 Å². The number of hydrogen-bond donors (Lipinski definition) is 1. The summed E-state index contributed by atoms with van der Waals surface area (Å²) < 4.78 is 17.1. The third-order valence-corrected chi connectivity index (χ3v) is 6.13. The quantitative estimate of drug-likeness (QED) is 0.351. The van der Waals surface area contributed by atoms with Crippen LogP contribution in [-0.2, 0) is 0 Å². The van der Waals surface area contributed by atoms with Crippen molar-refractivity contribution in [3.63, 3.8) is 0 Å². The van der Waals surface area contributed by atoms with E-state index < -0.39 is 5.91 Å². The van der Waals surface area contributed by atoms with Crippen LogP contribution in [0.2, 0.25) is 0 Å². The molecule has 9 nitrogen and oxygen atoms in total. The Labute approximate surface area is 215 Å². The van der Waals surface area contributed by atoms with Crippen LogP contribution in [0.3, 0.4) is 0 Å². The van der Waals surface area contributed by atoms with Crippen molar-refractivity contribution in [2.24, 2.45) is 0 Å². The highest BCUT2D eigenvalue weighted by atomic mass is 19.1. The summed E-state index contributed by atoms with van der Waals surface area (Å²) in [4.78, 5) is 30.8. The highest BCUT2D eigenvalue weighted by molar-refractivity contribution is 6.03. The van der Waals surface area contributed by atoms with Gasteiger partial charge in [0.2, 0.25) is 0 Å². The third-order valence-electron chi connectivity index (χ3n) is 6.13. The minimum absolute atomic E-state index is 0. The van der Waals surface area contributed by atoms with E-state index in [9.17, 15) is 9.18 Å². The highest BCUT2D eigenvalue weighted by Gasteiger charge is 2.18. The summed E-state index contributed by atoms with van der Waals surface area (Å²) in [6, 6.07) is 22.9. The molecule has 2 aromatic carbocycles. The number of nitrogens with zero attached hydrogens (tertiary/aromatic N) is 7. The van der Waals surface area contributed by atoms with Crippen molar-refractivity contribution in [3.8, 4) is 22.6 Å². The lowest BCUT2D eigenvalue weighted by molar-refractivity contribution is 0.102. The Morgan fingerprint density at radius 1 is 0.842 bits per heavy atom. The van der Waals surface area contributed by atoms with Crippen LogP contribution < -0.4 is 5.32 Å². The highest BCUT2D eigenvalue weighted by Crippen LogP contribution is 2.32. The zero-order chi connectivity index (χ0) is 25.6. The Bertz CT molecular complexity index is 2000. The first-order chi connectivity index (χ1) is 18.6. The van der Waals surface area contributed by atoms with Crippen molar-refractivity contribution < 1.29 is 10.6 Å². The van der Waals surface area contributed by atoms with E-state index in [4.69, 9.17) is 10.1 Å². The van der Waals surface area contributed by atoms with Gasteiger partial charge in [-0.25, -0.2) is 23.9 Å². The van der Waals surface area contributed by atoms with Crippen LogP contribution in [0.4, 0.5) is 10.2 Å². The number of anilines is 1. The van der Waals surface area contributed by atoms with Gasteiger partial charge in [-0.3, -0.25) is 14.2 Å². The predicted molar refractivity (Wildman–Crippen MR) is 142 cm³/mol. The molecule has 0 saturated heterocycles. The van der Waals surface area contributed by atoms with E-state index in [0.717, 1.165) is 16.9 Å². The lowest BCUT2D eigenvalue weighted by atomic mass is 10.1. The van der Waals surface area contributed by atoms with Gasteiger partial charge in [0.15, 0.2) is 11.5 Å². The van der Waals surface area contributed by atoms with Gasteiger partial charge in [-0.1, -0.05) is 18.2 Å². The average Bonchev–Trinajstić information content (AvgIpc) is 3.53. The number of rotatable bonds is 4. The maximum absolute atomic E-state index is 13.6. The zero-order valence-corrected chi connectivity index (χ0v) is 19.7. The molecule has 0 atom stereocenters. The first kappa shape index (κ1) is 21.7. The SMILES string of the molecule is O=C(Nc1cn2nc(-c3c(-c4ccc(F)cc4)nc4ccccn34)ccc2n1)c1cnc2ccccc2n1.[HH]. The molecule has 5 heterocycles. The van der Waals surface area contributed by atoms with Crippen LogP contribution in [0.5, 0.6) is 0 Å². The van der Waals surface area contributed by atoms with E-state index in [1.165, 1.54) is 18.3 Å². The fourth-order valence-corrected chi connectivity index (χ4v) is 4.37. The Hall–Kier alpha value is -5.51. The Morgan fingerprint density at radius 2 is 1.66 bits per heavy atom. The summed E-state index contributed by atoms with van der Waals surface area (Å²) in [6.07, 6.45) is 4.97. The van der Waals surface area contributed by atoms with Gasteiger partial charge in [0.25, 0.3) is 5.91 Å². The second-order valence-corrected chi connectivity index (χ2v) is 8.59. The molecule has 5 aromatic heterocycles. The Balaban J connectivity index is 0.00000277. The number of hydrogen-bond acceptors (Lipinski definition) is 6. The van der Waals surface area contributed by atoms with Gasteiger partial charge in [0.1, 0.15) is 28.5 Å². The minimum Gasteiger partial charge on any atom is -0.304 e. The van der Waals surface area contributed by atoms with E-state index in [0.29, 0.717) is 33.9 Å². The lowest BCUT2D eigenvalue weighted by Crippen LogP contribution is -2.14. The molecule has 0 aliphatic carbocycles. The van der Waals surface area contributed by atoms with Gasteiger partial charge in [-0.05, 0) is 60.7 Å². The minimum atomic E-state index is -0.424. The van der Waals surface area contributed by atoms with Crippen molar-refractivity contribution in [3.05, 3.63) is 109 Å². The molecule has 0 unspecified atom stereocenters. The van der Waals surface area contributed by atoms with E-state index >= 15 is 0 Å². The van der Waals surface area contributed by atoms with Crippen LogP contribution in [0.15, 0.2) is 97.5 Å². The van der Waals surface area contributed by atoms with Crippen LogP contribution in [0.25, 0.3) is 45.0 Å². The van der Waals surface area contributed by atoms with Gasteiger partial charge in [0.05, 0.1) is 29.1 Å². The first-order valence-electron chi connectivity index (χ1n) is 11.8. The molecule has 0 spiro atoms. The largest absolute Gasteiger partial charge is 0.304 e. The number of carbonyl (C=O) groups is 1. The summed E-state index contributed by atoms with van der Waals surface area (Å²) in [7, 11) is 0. The van der Waals surface area contributed by atoms with Gasteiger partial charge < -0.3 is 5.32 Å². The fraction of sp³-hybridized carbons (Fsp3) is 0. The number of halogens is 1. The van der Waals surface area contributed by atoms with Crippen molar-refractivity contribution in [2.45, 2.75) is 0 Å². The van der Waals surface area contributed by atoms with Crippen LogP contribution in [0.1, 0.15) is 11.9 Å². The second-order valence-electron chi connectivity index (χ2n) is 8.59. The van der Waals surface area contributed by atoms with Crippen molar-refractivity contribution >= 4 is 34.1 Å². The van der Waals surface area contributed by atoms with Gasteiger partial charge in [-0.2, -0.15) is 5.10 Å². The Morgan fingerprint density at radius 3 is 2.53 bits per heavy atom. The summed E-state index contributed by atoms with van der Waals surface area (Å²) in [5.74, 6) is -0.417. The molecule has 0 aliphatic heterocycles. The number of pyridine rings is 1. The summed E-state index contributed by atoms with van der Waals surface area (Å²) >= 11 is 0. The number of benzene rings is 2. The molecule has 0 radical (unpaired) electrons. The smallest absolute Gasteiger partial charge is 0.277 e. The maximum Gasteiger partial charge on any atom is 0.277 e. The predicted octanol–water partition coefficient (Wildman–Crippen LogP) is 5.29. The van der Waals surface area contributed by atoms with Crippen LogP contribution >= 0.6 is 0 Å². The zero-order valence-electron chi connectivity index (χ0n) is 19.7. The molecule has 184 valence electrons. The van der Waals surface area contributed by atoms with Gasteiger partial charge in [0, 0.05) is 13.2 Å². The Kier molecular flexibility index (Phi) is 4.90. The molecule has 38 heavy (non-hydrogen) atoms. The molecule has 1 amide bonds. The normalized spacial score (nSPS) is 11.4. The molecular weight excluding hydrogens is 483 g/mol. The summed E-state index contributed by atoms with van der Waals surface area (Å²) in [5, 5.41) is 7.53. The van der Waals surface area contributed by atoms with E-state index in [1.807, 2.05) is 59.1 Å². The van der Waals surface area contributed by atoms with Crippen molar-refractivity contribution in [2.75, 3.05) is 5.32 Å². The number of carbonyl (C=O) groups excluding carboxylic acids is 1. The van der Waals surface area contributed by atoms with Gasteiger partial charge in [-0.15, -0.1) is 0 Å². The number of aromatic nitrogens is 7. The number of para-hydroxylation sites is 2. The molecule has 0 bridgehead atoms. The van der Waals surface area contributed by atoms with Crippen LogP contribution in [0, 0.1) is 5.82 Å². The standard InChI is InChI=1S/C28H17FN8O.H2/c29-18-10-8-17(9-11-18)26-27(36-14-4-3-7-24(36)34-26)21-12-13-25-32-23(16-37(25)35-21)33-28(38)22-15-30-19-5-1-2-6-20(19)31-22;/h1-16H,(H,33,38);1H.